The molecule has 2 amide bonds. The third-order valence-corrected chi connectivity index (χ3v) is 8.19. The van der Waals surface area contributed by atoms with Gasteiger partial charge in [-0.05, 0) is 42.0 Å². The van der Waals surface area contributed by atoms with Gasteiger partial charge in [-0.25, -0.2) is 9.71 Å². The number of rotatable bonds is 12. The molecule has 0 spiro atoms. The van der Waals surface area contributed by atoms with Gasteiger partial charge in [0.2, 0.25) is 0 Å². The van der Waals surface area contributed by atoms with E-state index >= 15 is 0 Å². The molecule has 0 aliphatic heterocycles. The zero-order valence-electron chi connectivity index (χ0n) is 23.6. The van der Waals surface area contributed by atoms with Crippen LogP contribution in [0.1, 0.15) is 49.5 Å². The van der Waals surface area contributed by atoms with Crippen LogP contribution >= 0.6 is 11.3 Å². The molecule has 2 heterocycles. The monoisotopic (exact) mass is 631 g/mol. The van der Waals surface area contributed by atoms with Gasteiger partial charge in [0.15, 0.2) is 5.13 Å². The Morgan fingerprint density at radius 1 is 1.14 bits per heavy atom. The van der Waals surface area contributed by atoms with Crippen LogP contribution in [0.4, 0.5) is 18.3 Å². The van der Waals surface area contributed by atoms with Crippen molar-refractivity contribution >= 4 is 38.3 Å². The number of nitrogens with one attached hydrogen (secondary N) is 1. The molecule has 1 atom stereocenters. The van der Waals surface area contributed by atoms with E-state index in [-0.39, 0.29) is 35.6 Å². The van der Waals surface area contributed by atoms with Crippen molar-refractivity contribution < 1.29 is 40.7 Å². The van der Waals surface area contributed by atoms with Crippen molar-refractivity contribution in [2.24, 2.45) is 0 Å². The second-order valence-electron chi connectivity index (χ2n) is 10.3. The number of benzene rings is 1. The first-order valence-corrected chi connectivity index (χ1v) is 15.0. The molecule has 42 heavy (non-hydrogen) atoms. The van der Waals surface area contributed by atoms with Crippen LogP contribution in [0.15, 0.2) is 48.2 Å². The number of amides is 2. The average molecular weight is 632 g/mol. The lowest BCUT2D eigenvalue weighted by atomic mass is 9.85. The minimum Gasteiger partial charge on any atom is -0.496 e. The molecule has 0 radical (unpaired) electrons. The third kappa shape index (κ3) is 7.10. The van der Waals surface area contributed by atoms with Crippen molar-refractivity contribution in [1.29, 1.82) is 0 Å². The molecule has 0 saturated carbocycles. The summed E-state index contributed by atoms with van der Waals surface area (Å²) in [6.07, 6.45) is 3.89. The number of carbonyl (C=O) groups excluding carboxylic acids is 2. The van der Waals surface area contributed by atoms with Crippen molar-refractivity contribution in [3.05, 3.63) is 59.4 Å². The van der Waals surface area contributed by atoms with Crippen molar-refractivity contribution in [3.63, 3.8) is 0 Å². The zero-order valence-corrected chi connectivity index (χ0v) is 25.3. The average Bonchev–Trinajstić information content (AvgIpc) is 3.61. The summed E-state index contributed by atoms with van der Waals surface area (Å²) < 4.78 is 77.7. The summed E-state index contributed by atoms with van der Waals surface area (Å²) in [5, 5.41) is 5.54. The molecule has 3 rings (SSSR count). The number of halogens is 3. The summed E-state index contributed by atoms with van der Waals surface area (Å²) >= 11 is 0.941. The van der Waals surface area contributed by atoms with Gasteiger partial charge in [0.1, 0.15) is 11.3 Å². The number of ether oxygens (including phenoxy) is 2. The largest absolute Gasteiger partial charge is 0.516 e. The number of aromatic nitrogens is 3. The van der Waals surface area contributed by atoms with Crippen molar-refractivity contribution in [2.75, 3.05) is 25.7 Å². The van der Waals surface area contributed by atoms with Crippen molar-refractivity contribution in [1.82, 2.24) is 19.5 Å². The van der Waals surface area contributed by atoms with E-state index in [1.165, 1.54) is 61.1 Å². The number of alkyl halides is 3. The van der Waals surface area contributed by atoms with E-state index in [2.05, 4.69) is 10.1 Å². The SMILES string of the molecule is COCCCC(Cn1cccn1)(C(=O)NS(=O)(=O)C(F)(F)F)N(C(=O)c1ccc(C(C)(C)C)c(OC)c1)c1nccs1. The Kier molecular flexibility index (Phi) is 10.1. The minimum absolute atomic E-state index is 0.0260. The standard InChI is InChI=1S/C26H32F3N5O6S2/c1-24(2,3)19-9-8-18(16-20(19)40-5)21(35)34(23-30-12-15-41-23)25(10-6-14-39-4,17-33-13-7-11-31-33)22(36)32-42(37,38)26(27,28)29/h7-9,11-13,15-16H,6,10,14,17H2,1-5H3,(H,32,36). The van der Waals surface area contributed by atoms with Gasteiger partial charge in [-0.15, -0.1) is 11.3 Å². The minimum atomic E-state index is -6.15. The highest BCUT2D eigenvalue weighted by Crippen LogP contribution is 2.37. The van der Waals surface area contributed by atoms with Crippen LogP contribution in [0.25, 0.3) is 0 Å². The van der Waals surface area contributed by atoms with Crippen LogP contribution in [-0.2, 0) is 31.5 Å². The summed E-state index contributed by atoms with van der Waals surface area (Å²) in [6, 6.07) is 6.15. The number of sulfonamides is 1. The summed E-state index contributed by atoms with van der Waals surface area (Å²) in [4.78, 5) is 33.4. The number of carbonyl (C=O) groups is 2. The van der Waals surface area contributed by atoms with E-state index in [0.29, 0.717) is 5.75 Å². The predicted octanol–water partition coefficient (Wildman–Crippen LogP) is 4.12. The van der Waals surface area contributed by atoms with E-state index in [1.54, 1.807) is 6.07 Å². The first kappa shape index (κ1) is 33.0. The lowest BCUT2D eigenvalue weighted by molar-refractivity contribution is -0.126. The maximum Gasteiger partial charge on any atom is 0.516 e. The molecule has 0 aliphatic rings. The predicted molar refractivity (Wildman–Crippen MR) is 150 cm³/mol. The molecule has 2 aromatic heterocycles. The molecule has 0 saturated heterocycles. The highest BCUT2D eigenvalue weighted by atomic mass is 32.2. The Morgan fingerprint density at radius 2 is 1.86 bits per heavy atom. The van der Waals surface area contributed by atoms with E-state index in [9.17, 15) is 31.2 Å². The molecule has 0 fully saturated rings. The summed E-state index contributed by atoms with van der Waals surface area (Å²) in [5.74, 6) is -2.05. The van der Waals surface area contributed by atoms with E-state index in [4.69, 9.17) is 9.47 Å². The summed E-state index contributed by atoms with van der Waals surface area (Å²) in [5.41, 5.74) is -7.62. The maximum absolute atomic E-state index is 14.4. The lowest BCUT2D eigenvalue weighted by Crippen LogP contribution is -2.65. The lowest BCUT2D eigenvalue weighted by Gasteiger charge is -2.41. The fourth-order valence-electron chi connectivity index (χ4n) is 4.36. The Hall–Kier alpha value is -3.50. The third-order valence-electron chi connectivity index (χ3n) is 6.37. The number of nitrogens with zero attached hydrogens (tertiary/aromatic N) is 4. The molecule has 1 aromatic carbocycles. The van der Waals surface area contributed by atoms with Gasteiger partial charge in [-0.1, -0.05) is 26.8 Å². The number of hydrogen-bond acceptors (Lipinski definition) is 9. The zero-order chi connectivity index (χ0) is 31.3. The van der Waals surface area contributed by atoms with Crippen LogP contribution in [0.5, 0.6) is 5.75 Å². The Morgan fingerprint density at radius 3 is 2.38 bits per heavy atom. The molecule has 11 nitrogen and oxygen atoms in total. The Balaban J connectivity index is 2.30. The molecule has 3 aromatic rings. The molecular formula is C26H32F3N5O6S2. The van der Waals surface area contributed by atoms with Gasteiger partial charge in [-0.2, -0.15) is 26.7 Å². The van der Waals surface area contributed by atoms with Crippen LogP contribution < -0.4 is 14.4 Å². The normalized spacial score (nSPS) is 13.8. The number of anilines is 1. The number of thiazole rings is 1. The molecule has 16 heteroatoms. The van der Waals surface area contributed by atoms with Gasteiger partial charge in [-0.3, -0.25) is 19.2 Å². The van der Waals surface area contributed by atoms with Crippen molar-refractivity contribution in [2.45, 2.75) is 56.6 Å². The van der Waals surface area contributed by atoms with E-state index in [1.807, 2.05) is 20.8 Å². The van der Waals surface area contributed by atoms with Gasteiger partial charge >= 0.3 is 15.5 Å². The fourth-order valence-corrected chi connectivity index (χ4v) is 5.64. The van der Waals surface area contributed by atoms with Gasteiger partial charge in [0.05, 0.1) is 13.7 Å². The number of methoxy groups -OCH3 is 2. The van der Waals surface area contributed by atoms with E-state index < -0.39 is 39.4 Å². The first-order valence-electron chi connectivity index (χ1n) is 12.6. The van der Waals surface area contributed by atoms with Crippen LogP contribution in [-0.4, -0.2) is 66.9 Å². The van der Waals surface area contributed by atoms with Gasteiger partial charge in [0.25, 0.3) is 11.8 Å². The number of hydrogen-bond donors (Lipinski definition) is 1. The fraction of sp³-hybridized carbons (Fsp3) is 0.462. The van der Waals surface area contributed by atoms with Crippen LogP contribution in [0, 0.1) is 0 Å². The van der Waals surface area contributed by atoms with Crippen LogP contribution in [0.3, 0.4) is 0 Å². The summed E-state index contributed by atoms with van der Waals surface area (Å²) in [7, 11) is -3.34. The molecule has 230 valence electrons. The topological polar surface area (TPSA) is 133 Å². The molecule has 0 bridgehead atoms. The first-order chi connectivity index (χ1) is 19.6. The van der Waals surface area contributed by atoms with Gasteiger partial charge < -0.3 is 9.47 Å². The quantitative estimate of drug-likeness (QED) is 0.295. The molecule has 1 N–H and O–H groups in total. The molecule has 0 aliphatic carbocycles. The Bertz CT molecular complexity index is 1470. The highest BCUT2D eigenvalue weighted by Gasteiger charge is 2.54. The summed E-state index contributed by atoms with van der Waals surface area (Å²) in [6.45, 7) is 5.39. The van der Waals surface area contributed by atoms with E-state index in [0.717, 1.165) is 26.5 Å². The second-order valence-corrected chi connectivity index (χ2v) is 12.9. The molecule has 1 unspecified atom stereocenters. The maximum atomic E-state index is 14.4. The van der Waals surface area contributed by atoms with Crippen molar-refractivity contribution in [3.8, 4) is 5.75 Å². The van der Waals surface area contributed by atoms with Gasteiger partial charge in [0, 0.05) is 43.3 Å². The smallest absolute Gasteiger partial charge is 0.496 e. The molecular weight excluding hydrogens is 599 g/mol. The second kappa shape index (κ2) is 12.8. The van der Waals surface area contributed by atoms with Crippen LogP contribution in [0.2, 0.25) is 0 Å². The highest BCUT2D eigenvalue weighted by molar-refractivity contribution is 7.90. The Labute approximate surface area is 245 Å².